The predicted octanol–water partition coefficient (Wildman–Crippen LogP) is 2.67. The average molecular weight is 340 g/mol. The first-order valence-corrected chi connectivity index (χ1v) is 7.95. The van der Waals surface area contributed by atoms with E-state index < -0.39 is 0 Å². The van der Waals surface area contributed by atoms with Gasteiger partial charge in [-0.15, -0.1) is 0 Å². The van der Waals surface area contributed by atoms with E-state index in [-0.39, 0.29) is 5.91 Å². The predicted molar refractivity (Wildman–Crippen MR) is 84.1 cm³/mol. The molecule has 0 unspecified atom stereocenters. The zero-order valence-electron chi connectivity index (χ0n) is 11.9. The van der Waals surface area contributed by atoms with Gasteiger partial charge in [0.25, 0.3) is 5.91 Å². The number of nitrogen functional groups attached to an aromatic ring is 1. The van der Waals surface area contributed by atoms with Crippen molar-refractivity contribution in [3.63, 3.8) is 0 Å². The first-order chi connectivity index (χ1) is 9.63. The zero-order valence-corrected chi connectivity index (χ0v) is 13.4. The molecular formula is C15H22BrN3O. The molecule has 0 spiro atoms. The second-order valence-corrected chi connectivity index (χ2v) is 6.26. The molecule has 1 amide bonds. The standard InChI is InChI=1S/C15H22BrN3O/c1-2-11-5-7-19(8-6-11)10-13-4-3-12(9-14(13)16)15(20)18-17/h3-4,9,11H,2,5-8,10,17H2,1H3,(H,18,20). The van der Waals surface area contributed by atoms with E-state index in [0.29, 0.717) is 5.56 Å². The van der Waals surface area contributed by atoms with Crippen molar-refractivity contribution in [2.75, 3.05) is 13.1 Å². The van der Waals surface area contributed by atoms with Gasteiger partial charge in [-0.05, 0) is 49.5 Å². The summed E-state index contributed by atoms with van der Waals surface area (Å²) in [7, 11) is 0. The minimum atomic E-state index is -0.263. The summed E-state index contributed by atoms with van der Waals surface area (Å²) in [5.41, 5.74) is 3.94. The molecule has 110 valence electrons. The van der Waals surface area contributed by atoms with Gasteiger partial charge >= 0.3 is 0 Å². The van der Waals surface area contributed by atoms with E-state index in [0.717, 1.165) is 30.0 Å². The summed E-state index contributed by atoms with van der Waals surface area (Å²) in [6, 6.07) is 5.65. The van der Waals surface area contributed by atoms with Gasteiger partial charge in [0.2, 0.25) is 0 Å². The summed E-state index contributed by atoms with van der Waals surface area (Å²) in [6.07, 6.45) is 3.88. The van der Waals surface area contributed by atoms with Crippen LogP contribution in [0.1, 0.15) is 42.1 Å². The molecule has 1 aromatic carbocycles. The Bertz CT molecular complexity index is 470. The van der Waals surface area contributed by atoms with Crippen molar-refractivity contribution in [2.24, 2.45) is 11.8 Å². The molecule has 1 fully saturated rings. The molecule has 2 rings (SSSR count). The van der Waals surface area contributed by atoms with Crippen LogP contribution in [0.2, 0.25) is 0 Å². The molecule has 1 aliphatic heterocycles. The van der Waals surface area contributed by atoms with Gasteiger partial charge in [-0.2, -0.15) is 0 Å². The SMILES string of the molecule is CCC1CCN(Cc2ccc(C(=O)NN)cc2Br)CC1. The number of hydrazine groups is 1. The van der Waals surface area contributed by atoms with E-state index in [4.69, 9.17) is 5.84 Å². The summed E-state index contributed by atoms with van der Waals surface area (Å²) >= 11 is 3.55. The number of nitrogens with two attached hydrogens (primary N) is 1. The minimum Gasteiger partial charge on any atom is -0.299 e. The van der Waals surface area contributed by atoms with Crippen molar-refractivity contribution in [1.29, 1.82) is 0 Å². The molecule has 0 radical (unpaired) electrons. The maximum Gasteiger partial charge on any atom is 0.265 e. The van der Waals surface area contributed by atoms with Crippen LogP contribution in [0.3, 0.4) is 0 Å². The number of carbonyl (C=O) groups excluding carboxylic acids is 1. The fraction of sp³-hybridized carbons (Fsp3) is 0.533. The molecule has 0 bridgehead atoms. The lowest BCUT2D eigenvalue weighted by molar-refractivity contribution is 0.0953. The second kappa shape index (κ2) is 7.20. The highest BCUT2D eigenvalue weighted by Gasteiger charge is 2.18. The van der Waals surface area contributed by atoms with E-state index in [1.807, 2.05) is 18.2 Å². The number of nitrogens with one attached hydrogen (secondary N) is 1. The Kier molecular flexibility index (Phi) is 5.57. The molecule has 3 N–H and O–H groups in total. The van der Waals surface area contributed by atoms with Gasteiger partial charge in [-0.1, -0.05) is 35.3 Å². The van der Waals surface area contributed by atoms with E-state index in [9.17, 15) is 4.79 Å². The van der Waals surface area contributed by atoms with E-state index in [1.54, 1.807) is 0 Å². The van der Waals surface area contributed by atoms with Crippen molar-refractivity contribution < 1.29 is 4.79 Å². The van der Waals surface area contributed by atoms with Crippen molar-refractivity contribution >= 4 is 21.8 Å². The average Bonchev–Trinajstić information content (AvgIpc) is 2.49. The maximum atomic E-state index is 11.5. The zero-order chi connectivity index (χ0) is 14.5. The van der Waals surface area contributed by atoms with Gasteiger partial charge < -0.3 is 0 Å². The number of benzene rings is 1. The molecule has 0 saturated carbocycles. The van der Waals surface area contributed by atoms with Gasteiger partial charge in [-0.3, -0.25) is 15.1 Å². The van der Waals surface area contributed by atoms with Crippen LogP contribution >= 0.6 is 15.9 Å². The summed E-state index contributed by atoms with van der Waals surface area (Å²) < 4.78 is 0.969. The van der Waals surface area contributed by atoms with Crippen LogP contribution in [0.4, 0.5) is 0 Å². The number of carbonyl (C=O) groups is 1. The van der Waals surface area contributed by atoms with Crippen molar-refractivity contribution in [3.8, 4) is 0 Å². The number of hydrogen-bond acceptors (Lipinski definition) is 3. The number of hydrogen-bond donors (Lipinski definition) is 2. The summed E-state index contributed by atoms with van der Waals surface area (Å²) in [4.78, 5) is 13.9. The quantitative estimate of drug-likeness (QED) is 0.503. The molecule has 1 aliphatic rings. The molecule has 5 heteroatoms. The highest BCUT2D eigenvalue weighted by molar-refractivity contribution is 9.10. The van der Waals surface area contributed by atoms with Crippen LogP contribution in [-0.4, -0.2) is 23.9 Å². The monoisotopic (exact) mass is 339 g/mol. The number of nitrogens with zero attached hydrogens (tertiary/aromatic N) is 1. The highest BCUT2D eigenvalue weighted by Crippen LogP contribution is 2.24. The number of rotatable bonds is 4. The largest absolute Gasteiger partial charge is 0.299 e. The minimum absolute atomic E-state index is 0.263. The molecule has 20 heavy (non-hydrogen) atoms. The van der Waals surface area contributed by atoms with Crippen LogP contribution in [0.15, 0.2) is 22.7 Å². The van der Waals surface area contributed by atoms with E-state index in [2.05, 4.69) is 33.2 Å². The molecule has 1 aromatic rings. The summed E-state index contributed by atoms with van der Waals surface area (Å²) in [6.45, 7) is 5.53. The molecule has 0 aromatic heterocycles. The number of amides is 1. The van der Waals surface area contributed by atoms with Crippen LogP contribution in [0, 0.1) is 5.92 Å². The lowest BCUT2D eigenvalue weighted by Crippen LogP contribution is -2.33. The van der Waals surface area contributed by atoms with Crippen LogP contribution in [0.5, 0.6) is 0 Å². The lowest BCUT2D eigenvalue weighted by Gasteiger charge is -2.31. The fourth-order valence-electron chi connectivity index (χ4n) is 2.69. The van der Waals surface area contributed by atoms with Gasteiger partial charge in [-0.25, -0.2) is 5.84 Å². The Balaban J connectivity index is 1.98. The third-order valence-corrected chi connectivity index (χ3v) is 4.86. The molecule has 1 saturated heterocycles. The lowest BCUT2D eigenvalue weighted by atomic mass is 9.94. The first-order valence-electron chi connectivity index (χ1n) is 7.15. The smallest absolute Gasteiger partial charge is 0.265 e. The Labute approximate surface area is 128 Å². The van der Waals surface area contributed by atoms with E-state index in [1.165, 1.54) is 24.8 Å². The first kappa shape index (κ1) is 15.5. The second-order valence-electron chi connectivity index (χ2n) is 5.41. The van der Waals surface area contributed by atoms with Gasteiger partial charge in [0.15, 0.2) is 0 Å². The summed E-state index contributed by atoms with van der Waals surface area (Å²) in [5.74, 6) is 5.78. The Morgan fingerprint density at radius 3 is 2.70 bits per heavy atom. The molecular weight excluding hydrogens is 318 g/mol. The number of piperidine rings is 1. The molecule has 0 atom stereocenters. The maximum absolute atomic E-state index is 11.5. The topological polar surface area (TPSA) is 58.4 Å². The van der Waals surface area contributed by atoms with Crippen molar-refractivity contribution in [1.82, 2.24) is 10.3 Å². The van der Waals surface area contributed by atoms with Gasteiger partial charge in [0, 0.05) is 16.6 Å². The fourth-order valence-corrected chi connectivity index (χ4v) is 3.20. The van der Waals surface area contributed by atoms with Crippen LogP contribution in [0.25, 0.3) is 0 Å². The number of halogens is 1. The van der Waals surface area contributed by atoms with E-state index >= 15 is 0 Å². The Morgan fingerprint density at radius 2 is 2.15 bits per heavy atom. The number of likely N-dealkylation sites (tertiary alicyclic amines) is 1. The normalized spacial score (nSPS) is 17.1. The van der Waals surface area contributed by atoms with Crippen molar-refractivity contribution in [2.45, 2.75) is 32.7 Å². The van der Waals surface area contributed by atoms with Gasteiger partial charge in [0.05, 0.1) is 0 Å². The van der Waals surface area contributed by atoms with Crippen LogP contribution < -0.4 is 11.3 Å². The third-order valence-electron chi connectivity index (χ3n) is 4.12. The van der Waals surface area contributed by atoms with Gasteiger partial charge in [0.1, 0.15) is 0 Å². The van der Waals surface area contributed by atoms with Crippen LogP contribution in [-0.2, 0) is 6.54 Å². The Morgan fingerprint density at radius 1 is 1.45 bits per heavy atom. The third kappa shape index (κ3) is 3.81. The van der Waals surface area contributed by atoms with Crippen molar-refractivity contribution in [3.05, 3.63) is 33.8 Å². The molecule has 1 heterocycles. The molecule has 4 nitrogen and oxygen atoms in total. The highest BCUT2D eigenvalue weighted by atomic mass is 79.9. The summed E-state index contributed by atoms with van der Waals surface area (Å²) in [5, 5.41) is 0. The Hall–Kier alpha value is -0.910. The molecule has 0 aliphatic carbocycles.